The van der Waals surface area contributed by atoms with Crippen LogP contribution in [0.25, 0.3) is 0 Å². The Labute approximate surface area is 123 Å². The van der Waals surface area contributed by atoms with Crippen LogP contribution in [0.15, 0.2) is 5.16 Å². The van der Waals surface area contributed by atoms with Crippen LogP contribution < -0.4 is 5.32 Å². The second-order valence-electron chi connectivity index (χ2n) is 5.12. The fourth-order valence-corrected chi connectivity index (χ4v) is 3.80. The summed E-state index contributed by atoms with van der Waals surface area (Å²) in [6, 6.07) is 0. The van der Waals surface area contributed by atoms with Gasteiger partial charge < -0.3 is 14.6 Å². The van der Waals surface area contributed by atoms with Crippen LogP contribution in [-0.2, 0) is 16.6 Å². The third-order valence-corrected chi connectivity index (χ3v) is 5.24. The molecule has 1 saturated carbocycles. The van der Waals surface area contributed by atoms with E-state index in [1.807, 2.05) is 32.5 Å². The number of carbonyl (C=O) groups excluding carboxylic acids is 1. The first-order chi connectivity index (χ1) is 9.52. The molecule has 6 nitrogen and oxygen atoms in total. The summed E-state index contributed by atoms with van der Waals surface area (Å²) >= 11 is 1.69. The van der Waals surface area contributed by atoms with Gasteiger partial charge >= 0.3 is 5.97 Å². The maximum absolute atomic E-state index is 12.1. The molecule has 1 aromatic heterocycles. The number of aromatic nitrogens is 3. The lowest BCUT2D eigenvalue weighted by Gasteiger charge is -2.26. The van der Waals surface area contributed by atoms with Gasteiger partial charge in [0.25, 0.3) is 0 Å². The van der Waals surface area contributed by atoms with E-state index in [0.717, 1.165) is 30.2 Å². The third-order valence-electron chi connectivity index (χ3n) is 3.94. The highest BCUT2D eigenvalue weighted by molar-refractivity contribution is 7.99. The summed E-state index contributed by atoms with van der Waals surface area (Å²) in [5.74, 6) is 0.760. The summed E-state index contributed by atoms with van der Waals surface area (Å²) < 4.78 is 7.18. The minimum absolute atomic E-state index is 0.139. The zero-order valence-corrected chi connectivity index (χ0v) is 13.3. The van der Waals surface area contributed by atoms with Gasteiger partial charge in [0.15, 0.2) is 5.16 Å². The lowest BCUT2D eigenvalue weighted by atomic mass is 9.98. The number of rotatable bonds is 5. The smallest absolute Gasteiger partial charge is 0.326 e. The minimum atomic E-state index is -0.540. The Morgan fingerprint density at radius 3 is 2.90 bits per heavy atom. The summed E-state index contributed by atoms with van der Waals surface area (Å²) in [4.78, 5) is 12.1. The average molecular weight is 298 g/mol. The van der Waals surface area contributed by atoms with Crippen molar-refractivity contribution in [2.75, 3.05) is 13.7 Å². The van der Waals surface area contributed by atoms with Crippen LogP contribution in [0.2, 0.25) is 0 Å². The predicted molar refractivity (Wildman–Crippen MR) is 77.7 cm³/mol. The summed E-state index contributed by atoms with van der Waals surface area (Å²) in [5.41, 5.74) is -0.540. The molecule has 1 fully saturated rings. The van der Waals surface area contributed by atoms with Crippen LogP contribution in [0.1, 0.15) is 32.0 Å². The molecule has 112 valence electrons. The fraction of sp³-hybridized carbons (Fsp3) is 0.769. The molecule has 1 aliphatic carbocycles. The predicted octanol–water partition coefficient (Wildman–Crippen LogP) is 1.29. The largest absolute Gasteiger partial charge is 0.465 e. The molecule has 0 aliphatic heterocycles. The average Bonchev–Trinajstić information content (AvgIpc) is 2.99. The quantitative estimate of drug-likeness (QED) is 0.826. The zero-order valence-electron chi connectivity index (χ0n) is 12.5. The van der Waals surface area contributed by atoms with Crippen molar-refractivity contribution in [2.45, 2.75) is 49.1 Å². The van der Waals surface area contributed by atoms with Gasteiger partial charge in [0.1, 0.15) is 11.4 Å². The minimum Gasteiger partial charge on any atom is -0.465 e. The number of carbonyl (C=O) groups is 1. The molecule has 20 heavy (non-hydrogen) atoms. The number of thioether (sulfide) groups is 1. The van der Waals surface area contributed by atoms with Crippen molar-refractivity contribution in [1.82, 2.24) is 20.1 Å². The zero-order chi connectivity index (χ0) is 14.8. The molecule has 0 saturated heterocycles. The Bertz CT molecular complexity index is 491. The Morgan fingerprint density at radius 2 is 2.35 bits per heavy atom. The molecule has 2 unspecified atom stereocenters. The van der Waals surface area contributed by atoms with E-state index in [-0.39, 0.29) is 5.97 Å². The normalized spacial score (nSPS) is 25.9. The van der Waals surface area contributed by atoms with E-state index in [1.54, 1.807) is 11.8 Å². The van der Waals surface area contributed by atoms with Gasteiger partial charge in [0, 0.05) is 12.3 Å². The molecule has 2 atom stereocenters. The van der Waals surface area contributed by atoms with E-state index >= 15 is 0 Å². The van der Waals surface area contributed by atoms with Gasteiger partial charge in [-0.05, 0) is 40.2 Å². The maximum atomic E-state index is 12.1. The van der Waals surface area contributed by atoms with Crippen LogP contribution in [0, 0.1) is 6.92 Å². The topological polar surface area (TPSA) is 69.0 Å². The van der Waals surface area contributed by atoms with Crippen molar-refractivity contribution in [3.8, 4) is 0 Å². The molecule has 1 aromatic rings. The molecular weight excluding hydrogens is 276 g/mol. The highest BCUT2D eigenvalue weighted by Gasteiger charge is 2.46. The molecule has 1 aliphatic rings. The number of ether oxygens (including phenoxy) is 1. The van der Waals surface area contributed by atoms with Crippen LogP contribution in [0.4, 0.5) is 0 Å². The maximum Gasteiger partial charge on any atom is 0.326 e. The number of nitrogens with zero attached hydrogens (tertiary/aromatic N) is 3. The summed E-state index contributed by atoms with van der Waals surface area (Å²) in [7, 11) is 3.79. The van der Waals surface area contributed by atoms with E-state index in [2.05, 4.69) is 15.5 Å². The van der Waals surface area contributed by atoms with E-state index in [4.69, 9.17) is 4.74 Å². The summed E-state index contributed by atoms with van der Waals surface area (Å²) in [6.45, 7) is 4.19. The van der Waals surface area contributed by atoms with Crippen LogP contribution in [0.5, 0.6) is 0 Å². The molecule has 2 rings (SSSR count). The fourth-order valence-electron chi connectivity index (χ4n) is 2.52. The molecule has 1 heterocycles. The van der Waals surface area contributed by atoms with Crippen molar-refractivity contribution in [2.24, 2.45) is 7.05 Å². The van der Waals surface area contributed by atoms with Crippen molar-refractivity contribution < 1.29 is 9.53 Å². The number of nitrogens with one attached hydrogen (secondary N) is 1. The van der Waals surface area contributed by atoms with Gasteiger partial charge in [0.05, 0.1) is 6.61 Å². The molecule has 0 radical (unpaired) electrons. The van der Waals surface area contributed by atoms with Gasteiger partial charge in [0.2, 0.25) is 0 Å². The van der Waals surface area contributed by atoms with Gasteiger partial charge in [-0.2, -0.15) is 0 Å². The van der Waals surface area contributed by atoms with Crippen LogP contribution >= 0.6 is 11.8 Å². The van der Waals surface area contributed by atoms with Crippen molar-refractivity contribution >= 4 is 17.7 Å². The van der Waals surface area contributed by atoms with Gasteiger partial charge in [-0.1, -0.05) is 11.8 Å². The number of esters is 1. The lowest BCUT2D eigenvalue weighted by Crippen LogP contribution is -2.49. The highest BCUT2D eigenvalue weighted by atomic mass is 32.2. The molecule has 0 amide bonds. The van der Waals surface area contributed by atoms with Crippen molar-refractivity contribution in [3.05, 3.63) is 5.82 Å². The van der Waals surface area contributed by atoms with Crippen LogP contribution in [-0.4, -0.2) is 45.2 Å². The first-order valence-corrected chi connectivity index (χ1v) is 7.79. The second-order valence-corrected chi connectivity index (χ2v) is 6.39. The first kappa shape index (κ1) is 15.3. The first-order valence-electron chi connectivity index (χ1n) is 6.91. The van der Waals surface area contributed by atoms with Gasteiger partial charge in [-0.3, -0.25) is 4.79 Å². The molecule has 0 spiro atoms. The Hall–Kier alpha value is -1.08. The van der Waals surface area contributed by atoms with Gasteiger partial charge in [-0.25, -0.2) is 0 Å². The Balaban J connectivity index is 2.04. The van der Waals surface area contributed by atoms with E-state index < -0.39 is 5.54 Å². The van der Waals surface area contributed by atoms with E-state index in [1.165, 1.54) is 0 Å². The molecule has 1 N–H and O–H groups in total. The highest BCUT2D eigenvalue weighted by Crippen LogP contribution is 2.40. The number of hydrogen-bond donors (Lipinski definition) is 1. The standard InChI is InChI=1S/C13H22N4O2S/c1-5-19-11(18)13(14-3)7-6-10(8-13)20-12-16-15-9(2)17(12)4/h10,14H,5-8H2,1-4H3. The monoisotopic (exact) mass is 298 g/mol. The summed E-state index contributed by atoms with van der Waals surface area (Å²) in [5, 5.41) is 12.7. The number of aryl methyl sites for hydroxylation is 1. The van der Waals surface area contributed by atoms with Crippen LogP contribution in [0.3, 0.4) is 0 Å². The van der Waals surface area contributed by atoms with Crippen molar-refractivity contribution in [3.63, 3.8) is 0 Å². The lowest BCUT2D eigenvalue weighted by molar-refractivity contribution is -0.150. The molecular formula is C13H22N4O2S. The molecule has 7 heteroatoms. The van der Waals surface area contributed by atoms with E-state index in [9.17, 15) is 4.79 Å². The number of hydrogen-bond acceptors (Lipinski definition) is 6. The van der Waals surface area contributed by atoms with Gasteiger partial charge in [-0.15, -0.1) is 10.2 Å². The van der Waals surface area contributed by atoms with E-state index in [0.29, 0.717) is 11.9 Å². The number of likely N-dealkylation sites (N-methyl/N-ethyl adjacent to an activating group) is 1. The SMILES string of the molecule is CCOC(=O)C1(NC)CCC(Sc2nnc(C)n2C)C1. The van der Waals surface area contributed by atoms with Crippen molar-refractivity contribution in [1.29, 1.82) is 0 Å². The Kier molecular flexibility index (Phi) is 4.70. The summed E-state index contributed by atoms with van der Waals surface area (Å²) in [6.07, 6.45) is 2.53. The Morgan fingerprint density at radius 1 is 1.60 bits per heavy atom. The molecule has 0 aromatic carbocycles. The molecule has 0 bridgehead atoms. The second kappa shape index (κ2) is 6.13. The third kappa shape index (κ3) is 2.83.